The number of amides is 3. The van der Waals surface area contributed by atoms with Crippen molar-refractivity contribution in [3.8, 4) is 5.75 Å². The van der Waals surface area contributed by atoms with Crippen LogP contribution < -0.4 is 27.4 Å². The van der Waals surface area contributed by atoms with E-state index in [1.807, 2.05) is 0 Å². The number of phenolic OH excluding ortho intramolecular Hbond substituents is 1. The molecule has 0 aliphatic heterocycles. The number of aliphatic carboxylic acids is 2. The second-order valence-corrected chi connectivity index (χ2v) is 9.19. The molecule has 1 aromatic rings. The van der Waals surface area contributed by atoms with Crippen LogP contribution in [0.15, 0.2) is 24.3 Å². The molecule has 0 fully saturated rings. The average Bonchev–Trinajstić information content (AvgIpc) is 2.86. The molecule has 0 saturated heterocycles. The van der Waals surface area contributed by atoms with E-state index >= 15 is 0 Å². The van der Waals surface area contributed by atoms with Gasteiger partial charge in [-0.1, -0.05) is 32.4 Å². The molecule has 0 saturated carbocycles. The predicted molar refractivity (Wildman–Crippen MR) is 138 cm³/mol. The Labute approximate surface area is 221 Å². The fourth-order valence-electron chi connectivity index (χ4n) is 3.60. The Morgan fingerprint density at radius 1 is 0.895 bits per heavy atom. The Hall–Kier alpha value is -3.71. The molecule has 212 valence electrons. The zero-order chi connectivity index (χ0) is 28.8. The summed E-state index contributed by atoms with van der Waals surface area (Å²) < 4.78 is 0. The summed E-state index contributed by atoms with van der Waals surface area (Å²) in [4.78, 5) is 61.5. The maximum atomic E-state index is 13.3. The molecule has 1 rings (SSSR count). The molecule has 13 heteroatoms. The summed E-state index contributed by atoms with van der Waals surface area (Å²) in [6, 6.07) is 0.977. The molecule has 3 amide bonds. The van der Waals surface area contributed by atoms with Crippen molar-refractivity contribution in [2.75, 3.05) is 6.54 Å². The molecular formula is C25H39N5O8. The molecule has 10 N–H and O–H groups in total. The third-order valence-electron chi connectivity index (χ3n) is 6.10. The van der Waals surface area contributed by atoms with E-state index in [2.05, 4.69) is 16.0 Å². The molecule has 0 radical (unpaired) electrons. The Kier molecular flexibility index (Phi) is 13.8. The number of carboxylic acids is 2. The van der Waals surface area contributed by atoms with Gasteiger partial charge < -0.3 is 42.7 Å². The summed E-state index contributed by atoms with van der Waals surface area (Å²) in [6.07, 6.45) is 0.990. The lowest BCUT2D eigenvalue weighted by Gasteiger charge is -2.28. The van der Waals surface area contributed by atoms with Gasteiger partial charge in [-0.3, -0.25) is 19.2 Å². The van der Waals surface area contributed by atoms with E-state index < -0.39 is 66.2 Å². The third kappa shape index (κ3) is 11.1. The van der Waals surface area contributed by atoms with Gasteiger partial charge in [0.05, 0.1) is 12.5 Å². The molecule has 0 aromatic heterocycles. The minimum atomic E-state index is -1.38. The Bertz CT molecular complexity index is 956. The fraction of sp³-hybridized carbons (Fsp3) is 0.560. The third-order valence-corrected chi connectivity index (χ3v) is 6.10. The number of rotatable bonds is 17. The van der Waals surface area contributed by atoms with Gasteiger partial charge in [0.1, 0.15) is 23.9 Å². The van der Waals surface area contributed by atoms with Crippen LogP contribution in [0.4, 0.5) is 0 Å². The van der Waals surface area contributed by atoms with Crippen molar-refractivity contribution in [1.29, 1.82) is 0 Å². The number of hydrogen-bond donors (Lipinski definition) is 8. The van der Waals surface area contributed by atoms with Gasteiger partial charge in [-0.2, -0.15) is 0 Å². The van der Waals surface area contributed by atoms with Crippen LogP contribution in [0.1, 0.15) is 51.5 Å². The van der Waals surface area contributed by atoms with Crippen LogP contribution in [0.25, 0.3) is 0 Å². The first kappa shape index (κ1) is 32.3. The number of phenols is 1. The van der Waals surface area contributed by atoms with Gasteiger partial charge in [-0.15, -0.1) is 0 Å². The van der Waals surface area contributed by atoms with Crippen molar-refractivity contribution in [1.82, 2.24) is 16.0 Å². The van der Waals surface area contributed by atoms with Crippen molar-refractivity contribution < 1.29 is 39.3 Å². The molecule has 5 atom stereocenters. The molecule has 0 heterocycles. The standard InChI is InChI=1S/C25H39N5O8/c1-3-14(2)21(30-22(34)17(27)13-20(32)33)24(36)29-19(12-15-7-9-16(31)10-8-15)23(35)28-18(25(37)38)6-4-5-11-26/h7-10,14,17-19,21,31H,3-6,11-13,26-27H2,1-2H3,(H,28,35)(H,29,36)(H,30,34)(H,32,33)(H,37,38). The first-order valence-corrected chi connectivity index (χ1v) is 12.5. The van der Waals surface area contributed by atoms with Crippen LogP contribution in [0, 0.1) is 5.92 Å². The fourth-order valence-corrected chi connectivity index (χ4v) is 3.60. The monoisotopic (exact) mass is 537 g/mol. The number of aromatic hydroxyl groups is 1. The maximum absolute atomic E-state index is 13.3. The summed E-state index contributed by atoms with van der Waals surface area (Å²) in [5.74, 6) is -5.21. The lowest BCUT2D eigenvalue weighted by Crippen LogP contribution is -2.59. The van der Waals surface area contributed by atoms with Crippen LogP contribution >= 0.6 is 0 Å². The molecule has 0 spiro atoms. The summed E-state index contributed by atoms with van der Waals surface area (Å²) in [5.41, 5.74) is 11.7. The number of hydrogen-bond acceptors (Lipinski definition) is 8. The quantitative estimate of drug-likeness (QED) is 0.118. The minimum Gasteiger partial charge on any atom is -0.508 e. The zero-order valence-electron chi connectivity index (χ0n) is 21.7. The second-order valence-electron chi connectivity index (χ2n) is 9.19. The highest BCUT2D eigenvalue weighted by molar-refractivity contribution is 5.95. The Morgan fingerprint density at radius 2 is 1.50 bits per heavy atom. The number of nitrogens with two attached hydrogens (primary N) is 2. The predicted octanol–water partition coefficient (Wildman–Crippen LogP) is -0.549. The summed E-state index contributed by atoms with van der Waals surface area (Å²) in [5, 5.41) is 35.5. The molecule has 13 nitrogen and oxygen atoms in total. The van der Waals surface area contributed by atoms with E-state index in [4.69, 9.17) is 16.6 Å². The van der Waals surface area contributed by atoms with E-state index in [0.717, 1.165) is 0 Å². The average molecular weight is 538 g/mol. The van der Waals surface area contributed by atoms with E-state index in [0.29, 0.717) is 31.4 Å². The first-order valence-electron chi connectivity index (χ1n) is 12.5. The summed E-state index contributed by atoms with van der Waals surface area (Å²) >= 11 is 0. The number of unbranched alkanes of at least 4 members (excludes halogenated alkanes) is 1. The van der Waals surface area contributed by atoms with Crippen LogP contribution in [0.5, 0.6) is 5.75 Å². The van der Waals surface area contributed by atoms with Gasteiger partial charge >= 0.3 is 11.9 Å². The van der Waals surface area contributed by atoms with Crippen molar-refractivity contribution in [2.45, 2.75) is 76.5 Å². The highest BCUT2D eigenvalue weighted by atomic mass is 16.4. The van der Waals surface area contributed by atoms with Gasteiger partial charge in [0.25, 0.3) is 0 Å². The van der Waals surface area contributed by atoms with Crippen LogP contribution in [-0.4, -0.2) is 75.7 Å². The second kappa shape index (κ2) is 16.2. The number of nitrogens with one attached hydrogen (secondary N) is 3. The Balaban J connectivity index is 3.16. The largest absolute Gasteiger partial charge is 0.508 e. The molecule has 0 bridgehead atoms. The molecular weight excluding hydrogens is 498 g/mol. The summed E-state index contributed by atoms with van der Waals surface area (Å²) in [6.45, 7) is 3.85. The van der Waals surface area contributed by atoms with Gasteiger partial charge in [0.15, 0.2) is 0 Å². The number of carbonyl (C=O) groups excluding carboxylic acids is 3. The summed E-state index contributed by atoms with van der Waals surface area (Å²) in [7, 11) is 0. The van der Waals surface area contributed by atoms with Gasteiger partial charge in [-0.25, -0.2) is 4.79 Å². The van der Waals surface area contributed by atoms with Crippen LogP contribution in [0.2, 0.25) is 0 Å². The van der Waals surface area contributed by atoms with E-state index in [1.54, 1.807) is 26.0 Å². The molecule has 0 aliphatic rings. The molecule has 1 aromatic carbocycles. The van der Waals surface area contributed by atoms with Gasteiger partial charge in [0, 0.05) is 6.42 Å². The van der Waals surface area contributed by atoms with Gasteiger partial charge in [-0.05, 0) is 49.4 Å². The molecule has 0 aliphatic carbocycles. The van der Waals surface area contributed by atoms with E-state index in [1.165, 1.54) is 12.1 Å². The van der Waals surface area contributed by atoms with Crippen molar-refractivity contribution in [3.63, 3.8) is 0 Å². The van der Waals surface area contributed by atoms with Crippen molar-refractivity contribution in [3.05, 3.63) is 29.8 Å². The first-order chi connectivity index (χ1) is 17.9. The lowest BCUT2D eigenvalue weighted by molar-refractivity contribution is -0.142. The van der Waals surface area contributed by atoms with Crippen molar-refractivity contribution in [2.24, 2.45) is 17.4 Å². The lowest BCUT2D eigenvalue weighted by atomic mass is 9.96. The highest BCUT2D eigenvalue weighted by Gasteiger charge is 2.33. The zero-order valence-corrected chi connectivity index (χ0v) is 21.7. The van der Waals surface area contributed by atoms with Crippen molar-refractivity contribution >= 4 is 29.7 Å². The maximum Gasteiger partial charge on any atom is 0.326 e. The number of carboxylic acid groups (broad SMARTS) is 2. The van der Waals surface area contributed by atoms with E-state index in [9.17, 15) is 34.2 Å². The van der Waals surface area contributed by atoms with Gasteiger partial charge in [0.2, 0.25) is 17.7 Å². The Morgan fingerprint density at radius 3 is 2.03 bits per heavy atom. The highest BCUT2D eigenvalue weighted by Crippen LogP contribution is 2.14. The topological polar surface area (TPSA) is 234 Å². The van der Waals surface area contributed by atoms with Crippen LogP contribution in [0.3, 0.4) is 0 Å². The minimum absolute atomic E-state index is 0.00174. The smallest absolute Gasteiger partial charge is 0.326 e. The molecule has 38 heavy (non-hydrogen) atoms. The van der Waals surface area contributed by atoms with E-state index in [-0.39, 0.29) is 18.6 Å². The van der Waals surface area contributed by atoms with Crippen LogP contribution in [-0.2, 0) is 30.4 Å². The number of benzene rings is 1. The normalized spacial score (nSPS) is 14.8. The SMILES string of the molecule is CCC(C)C(NC(=O)C(N)CC(=O)O)C(=O)NC(Cc1ccc(O)cc1)C(=O)NC(CCCCN)C(=O)O. The molecule has 5 unspecified atom stereocenters. The number of carbonyl (C=O) groups is 5.